The maximum Gasteiger partial charge on any atom is 0.416 e. The van der Waals surface area contributed by atoms with Gasteiger partial charge in [0, 0.05) is 42.6 Å². The molecule has 1 unspecified atom stereocenters. The van der Waals surface area contributed by atoms with E-state index in [1.165, 1.54) is 12.3 Å². The number of aliphatic hydroxyl groups is 1. The van der Waals surface area contributed by atoms with Gasteiger partial charge in [0.25, 0.3) is 0 Å². The Morgan fingerprint density at radius 3 is 2.70 bits per heavy atom. The van der Waals surface area contributed by atoms with Crippen molar-refractivity contribution < 1.29 is 23.0 Å². The van der Waals surface area contributed by atoms with Crippen molar-refractivity contribution >= 4 is 17.3 Å². The molecule has 0 bridgehead atoms. The molecule has 7 nitrogen and oxygen atoms in total. The van der Waals surface area contributed by atoms with E-state index in [9.17, 15) is 23.5 Å². The average Bonchev–Trinajstić information content (AvgIpc) is 3.25. The van der Waals surface area contributed by atoms with Crippen molar-refractivity contribution in [3.8, 4) is 17.3 Å². The zero-order valence-corrected chi connectivity index (χ0v) is 20.2. The highest BCUT2D eigenvalue weighted by molar-refractivity contribution is 5.76. The lowest BCUT2D eigenvalue weighted by Crippen LogP contribution is -2.28. The molecule has 1 fully saturated rings. The molecule has 3 N–H and O–H groups in total. The van der Waals surface area contributed by atoms with Crippen LogP contribution in [-0.2, 0) is 16.3 Å². The predicted molar refractivity (Wildman–Crippen MR) is 133 cm³/mol. The molecule has 3 heterocycles. The summed E-state index contributed by atoms with van der Waals surface area (Å²) >= 11 is 0. The van der Waals surface area contributed by atoms with Gasteiger partial charge in [-0.15, -0.1) is 0 Å². The number of rotatable bonds is 5. The van der Waals surface area contributed by atoms with Gasteiger partial charge in [0.1, 0.15) is 6.07 Å². The molecule has 0 radical (unpaired) electrons. The third kappa shape index (κ3) is 4.84. The van der Waals surface area contributed by atoms with Crippen LogP contribution in [0.1, 0.15) is 47.9 Å². The van der Waals surface area contributed by atoms with Gasteiger partial charge < -0.3 is 20.5 Å². The summed E-state index contributed by atoms with van der Waals surface area (Å²) in [6.07, 6.45) is -1.89. The number of halogens is 3. The summed E-state index contributed by atoms with van der Waals surface area (Å²) in [5.74, 6) is -0.0706. The molecule has 0 saturated carbocycles. The first-order valence-corrected chi connectivity index (χ1v) is 12.0. The molecule has 2 aliphatic rings. The Hall–Kier alpha value is -3.68. The summed E-state index contributed by atoms with van der Waals surface area (Å²) in [7, 11) is 0. The molecule has 0 spiro atoms. The van der Waals surface area contributed by atoms with Gasteiger partial charge in [0.05, 0.1) is 29.1 Å². The Morgan fingerprint density at radius 1 is 1.22 bits per heavy atom. The molecule has 1 atom stereocenters. The van der Waals surface area contributed by atoms with Gasteiger partial charge in [-0.05, 0) is 60.2 Å². The van der Waals surface area contributed by atoms with Gasteiger partial charge in [-0.2, -0.15) is 18.4 Å². The smallest absolute Gasteiger partial charge is 0.395 e. The Labute approximate surface area is 212 Å². The van der Waals surface area contributed by atoms with Gasteiger partial charge in [-0.3, -0.25) is 0 Å². The summed E-state index contributed by atoms with van der Waals surface area (Å²) in [6, 6.07) is 11.7. The molecule has 2 aromatic carbocycles. The first-order valence-electron chi connectivity index (χ1n) is 12.0. The van der Waals surface area contributed by atoms with Crippen LogP contribution in [0.25, 0.3) is 11.3 Å². The first kappa shape index (κ1) is 25.0. The van der Waals surface area contributed by atoms with Gasteiger partial charge in [-0.1, -0.05) is 13.0 Å². The van der Waals surface area contributed by atoms with Gasteiger partial charge >= 0.3 is 6.18 Å². The Balaban J connectivity index is 1.47. The Bertz CT molecular complexity index is 1370. The molecule has 10 heteroatoms. The quantitative estimate of drug-likeness (QED) is 0.426. The molecule has 1 aromatic heterocycles. The van der Waals surface area contributed by atoms with Crippen molar-refractivity contribution in [2.75, 3.05) is 37.0 Å². The number of nitrogens with zero attached hydrogens (tertiary/aromatic N) is 3. The van der Waals surface area contributed by atoms with Gasteiger partial charge in [-0.25, -0.2) is 9.97 Å². The third-order valence-electron chi connectivity index (χ3n) is 7.14. The largest absolute Gasteiger partial charge is 0.416 e. The molecule has 192 valence electrons. The highest BCUT2D eigenvalue weighted by atomic mass is 19.4. The predicted octanol–water partition coefficient (Wildman–Crippen LogP) is 5.35. The van der Waals surface area contributed by atoms with Gasteiger partial charge in [0.2, 0.25) is 5.95 Å². The number of hydrogen-bond acceptors (Lipinski definition) is 7. The number of hydrogen-bond donors (Lipinski definition) is 3. The second-order valence-corrected chi connectivity index (χ2v) is 9.71. The molecule has 0 aliphatic carbocycles. The molecule has 0 amide bonds. The Morgan fingerprint density at radius 2 is 2.00 bits per heavy atom. The van der Waals surface area contributed by atoms with Crippen LogP contribution in [0, 0.1) is 11.3 Å². The van der Waals surface area contributed by atoms with Crippen LogP contribution >= 0.6 is 0 Å². The molecule has 3 aromatic rings. The van der Waals surface area contributed by atoms with E-state index in [1.807, 2.05) is 13.0 Å². The maximum atomic E-state index is 13.9. The highest BCUT2D eigenvalue weighted by Gasteiger charge is 2.37. The van der Waals surface area contributed by atoms with E-state index in [-0.39, 0.29) is 29.7 Å². The standard InChI is InChI=1S/C27H26F3N5O2/c1-26(15-36)14-33-24-18(13-31)10-17(11-22(24)26)23-4-7-32-25(35-23)34-19-2-3-20(16-5-8-37-9-6-16)21(12-19)27(28,29)30/h2-4,7,10-12,16,33,36H,5-6,8-9,14-15H2,1H3,(H,32,34,35). The lowest BCUT2D eigenvalue weighted by Gasteiger charge is -2.26. The van der Waals surface area contributed by atoms with E-state index in [0.717, 1.165) is 11.6 Å². The normalized spacial score (nSPS) is 19.7. The van der Waals surface area contributed by atoms with E-state index in [4.69, 9.17) is 4.74 Å². The lowest BCUT2D eigenvalue weighted by molar-refractivity contribution is -0.138. The molecule has 5 rings (SSSR count). The van der Waals surface area contributed by atoms with Crippen molar-refractivity contribution in [3.05, 3.63) is 64.8 Å². The monoisotopic (exact) mass is 509 g/mol. The van der Waals surface area contributed by atoms with Crippen LogP contribution in [0.4, 0.5) is 30.5 Å². The molecule has 1 saturated heterocycles. The number of ether oxygens (including phenoxy) is 1. The van der Waals surface area contributed by atoms with Crippen LogP contribution in [0.5, 0.6) is 0 Å². The highest BCUT2D eigenvalue weighted by Crippen LogP contribution is 2.42. The first-order chi connectivity index (χ1) is 17.7. The zero-order chi connectivity index (χ0) is 26.2. The topological polar surface area (TPSA) is 103 Å². The fraction of sp³-hybridized carbons (Fsp3) is 0.370. The second kappa shape index (κ2) is 9.65. The van der Waals surface area contributed by atoms with E-state index in [1.54, 1.807) is 18.2 Å². The van der Waals surface area contributed by atoms with Crippen molar-refractivity contribution in [2.24, 2.45) is 0 Å². The minimum Gasteiger partial charge on any atom is -0.395 e. The number of nitriles is 1. The minimum atomic E-state index is -4.50. The van der Waals surface area contributed by atoms with E-state index < -0.39 is 17.2 Å². The minimum absolute atomic E-state index is 0.0939. The fourth-order valence-electron chi connectivity index (χ4n) is 5.02. The number of fused-ring (bicyclic) bond motifs is 1. The van der Waals surface area contributed by atoms with Crippen LogP contribution in [0.2, 0.25) is 0 Å². The van der Waals surface area contributed by atoms with Crippen LogP contribution < -0.4 is 10.6 Å². The fourth-order valence-corrected chi connectivity index (χ4v) is 5.02. The summed E-state index contributed by atoms with van der Waals surface area (Å²) in [4.78, 5) is 8.69. The number of nitrogens with one attached hydrogen (secondary N) is 2. The number of benzene rings is 2. The number of aliphatic hydroxyl groups excluding tert-OH is 1. The molecular formula is C27H26F3N5O2. The van der Waals surface area contributed by atoms with Gasteiger partial charge in [0.15, 0.2) is 0 Å². The zero-order valence-electron chi connectivity index (χ0n) is 20.2. The number of alkyl halides is 3. The maximum absolute atomic E-state index is 13.9. The van der Waals surface area contributed by atoms with E-state index in [2.05, 4.69) is 26.7 Å². The van der Waals surface area contributed by atoms with Crippen molar-refractivity contribution in [2.45, 2.75) is 37.3 Å². The number of anilines is 3. The third-order valence-corrected chi connectivity index (χ3v) is 7.14. The van der Waals surface area contributed by atoms with Crippen LogP contribution in [0.3, 0.4) is 0 Å². The average molecular weight is 510 g/mol. The van der Waals surface area contributed by atoms with E-state index >= 15 is 0 Å². The molecule has 37 heavy (non-hydrogen) atoms. The van der Waals surface area contributed by atoms with Crippen LogP contribution in [-0.4, -0.2) is 41.4 Å². The Kier molecular flexibility index (Phi) is 6.52. The second-order valence-electron chi connectivity index (χ2n) is 9.71. The molecule has 2 aliphatic heterocycles. The summed E-state index contributed by atoms with van der Waals surface area (Å²) in [6.45, 7) is 3.22. The van der Waals surface area contributed by atoms with Crippen molar-refractivity contribution in [3.63, 3.8) is 0 Å². The summed E-state index contributed by atoms with van der Waals surface area (Å²) < 4.78 is 47.1. The van der Waals surface area contributed by atoms with Crippen molar-refractivity contribution in [1.82, 2.24) is 9.97 Å². The number of aromatic nitrogens is 2. The van der Waals surface area contributed by atoms with Crippen LogP contribution in [0.15, 0.2) is 42.6 Å². The lowest BCUT2D eigenvalue weighted by atomic mass is 9.83. The van der Waals surface area contributed by atoms with Crippen molar-refractivity contribution in [1.29, 1.82) is 5.26 Å². The summed E-state index contributed by atoms with van der Waals surface area (Å²) in [5, 5.41) is 25.7. The van der Waals surface area contributed by atoms with E-state index in [0.29, 0.717) is 55.1 Å². The molecular weight excluding hydrogens is 483 g/mol. The summed E-state index contributed by atoms with van der Waals surface area (Å²) in [5.41, 5.74) is 2.36. The SMILES string of the molecule is CC1(CO)CNc2c(C#N)cc(-c3ccnc(Nc4ccc(C5CCOCC5)c(C(F)(F)F)c4)n3)cc21.